The van der Waals surface area contributed by atoms with Crippen LogP contribution in [-0.4, -0.2) is 46.4 Å². The Bertz CT molecular complexity index is 1070. The van der Waals surface area contributed by atoms with Gasteiger partial charge >= 0.3 is 0 Å². The fourth-order valence-electron chi connectivity index (χ4n) is 3.34. The molecule has 31 heavy (non-hydrogen) atoms. The number of fused-ring (bicyclic) bond motifs is 1. The van der Waals surface area contributed by atoms with Crippen LogP contribution in [0.25, 0.3) is 0 Å². The summed E-state index contributed by atoms with van der Waals surface area (Å²) >= 11 is 5.99. The topological polar surface area (TPSA) is 84.9 Å². The van der Waals surface area contributed by atoms with E-state index >= 15 is 0 Å². The number of amides is 1. The van der Waals surface area contributed by atoms with Crippen molar-refractivity contribution in [3.63, 3.8) is 0 Å². The molecule has 9 heteroatoms. The summed E-state index contributed by atoms with van der Waals surface area (Å²) in [6.07, 6.45) is 0.101. The Labute approximate surface area is 188 Å². The van der Waals surface area contributed by atoms with Gasteiger partial charge in [0.05, 0.1) is 25.0 Å². The highest BCUT2D eigenvalue weighted by molar-refractivity contribution is 7.92. The van der Waals surface area contributed by atoms with Crippen LogP contribution in [0.5, 0.6) is 11.5 Å². The third-order valence-electron chi connectivity index (χ3n) is 4.84. The number of hydrogen-bond acceptors (Lipinski definition) is 5. The van der Waals surface area contributed by atoms with E-state index in [1.807, 2.05) is 24.3 Å². The highest BCUT2D eigenvalue weighted by Gasteiger charge is 2.35. The number of sulfonamides is 1. The van der Waals surface area contributed by atoms with Crippen LogP contribution in [0.4, 0.5) is 5.69 Å². The molecule has 0 radical (unpaired) electrons. The van der Waals surface area contributed by atoms with E-state index in [9.17, 15) is 13.2 Å². The smallest absolute Gasteiger partial charge is 0.263 e. The van der Waals surface area contributed by atoms with E-state index in [-0.39, 0.29) is 30.9 Å². The van der Waals surface area contributed by atoms with E-state index in [0.717, 1.165) is 21.9 Å². The summed E-state index contributed by atoms with van der Waals surface area (Å²) in [7, 11) is -3.61. The second kappa shape index (κ2) is 8.96. The Morgan fingerprint density at radius 3 is 2.65 bits per heavy atom. The second-order valence-electron chi connectivity index (χ2n) is 8.40. The van der Waals surface area contributed by atoms with Crippen LogP contribution in [0.2, 0.25) is 5.02 Å². The summed E-state index contributed by atoms with van der Waals surface area (Å²) in [5, 5.41) is 3.14. The molecular formula is C22H27ClN2O5S. The van der Waals surface area contributed by atoms with Crippen molar-refractivity contribution in [2.45, 2.75) is 32.3 Å². The van der Waals surface area contributed by atoms with E-state index in [1.165, 1.54) is 6.07 Å². The van der Waals surface area contributed by atoms with Crippen molar-refractivity contribution in [1.82, 2.24) is 5.32 Å². The van der Waals surface area contributed by atoms with Gasteiger partial charge in [-0.2, -0.15) is 0 Å². The third-order valence-corrected chi connectivity index (χ3v) is 6.22. The molecule has 1 aliphatic rings. The van der Waals surface area contributed by atoms with E-state index in [2.05, 4.69) is 26.1 Å². The number of carbonyl (C=O) groups is 1. The molecule has 0 aromatic heterocycles. The van der Waals surface area contributed by atoms with Crippen LogP contribution in [0, 0.1) is 0 Å². The van der Waals surface area contributed by atoms with Crippen LogP contribution < -0.4 is 19.1 Å². The number of nitrogens with one attached hydrogen (secondary N) is 1. The predicted molar refractivity (Wildman–Crippen MR) is 122 cm³/mol. The van der Waals surface area contributed by atoms with Gasteiger partial charge in [-0.1, -0.05) is 50.6 Å². The maximum atomic E-state index is 12.6. The molecule has 1 aliphatic heterocycles. The Morgan fingerprint density at radius 1 is 1.26 bits per heavy atom. The first-order valence-corrected chi connectivity index (χ1v) is 12.1. The minimum atomic E-state index is -3.61. The van der Waals surface area contributed by atoms with Gasteiger partial charge in [-0.25, -0.2) is 8.42 Å². The maximum absolute atomic E-state index is 12.6. The van der Waals surface area contributed by atoms with Gasteiger partial charge in [0, 0.05) is 5.02 Å². The Kier molecular flexibility index (Phi) is 6.71. The molecule has 1 unspecified atom stereocenters. The number of rotatable bonds is 6. The fourth-order valence-corrected chi connectivity index (χ4v) is 4.41. The zero-order valence-electron chi connectivity index (χ0n) is 18.0. The van der Waals surface area contributed by atoms with Gasteiger partial charge in [-0.15, -0.1) is 0 Å². The van der Waals surface area contributed by atoms with E-state index in [1.54, 1.807) is 12.1 Å². The van der Waals surface area contributed by atoms with Crippen molar-refractivity contribution in [2.24, 2.45) is 0 Å². The van der Waals surface area contributed by atoms with Crippen LogP contribution in [0.3, 0.4) is 0 Å². The molecule has 0 fully saturated rings. The highest BCUT2D eigenvalue weighted by atomic mass is 35.5. The number of halogens is 1. The molecule has 1 heterocycles. The highest BCUT2D eigenvalue weighted by Crippen LogP contribution is 2.37. The lowest BCUT2D eigenvalue weighted by molar-refractivity contribution is -0.127. The maximum Gasteiger partial charge on any atom is 0.263 e. The molecule has 1 amide bonds. The quantitative estimate of drug-likeness (QED) is 0.660. The average Bonchev–Trinajstić information content (AvgIpc) is 2.69. The predicted octanol–water partition coefficient (Wildman–Crippen LogP) is 3.36. The first-order chi connectivity index (χ1) is 14.5. The number of ether oxygens (including phenoxy) is 2. The second-order valence-corrected chi connectivity index (χ2v) is 10.7. The zero-order chi connectivity index (χ0) is 22.8. The number of hydrogen-bond donors (Lipinski definition) is 1. The lowest BCUT2D eigenvalue weighted by atomic mass is 9.86. The van der Waals surface area contributed by atoms with Gasteiger partial charge in [0.25, 0.3) is 5.91 Å². The molecule has 2 aromatic rings. The monoisotopic (exact) mass is 466 g/mol. The van der Waals surface area contributed by atoms with Crippen molar-refractivity contribution in [2.75, 3.05) is 30.3 Å². The summed E-state index contributed by atoms with van der Waals surface area (Å²) in [6, 6.07) is 12.4. The van der Waals surface area contributed by atoms with Gasteiger partial charge in [0.2, 0.25) is 10.0 Å². The summed E-state index contributed by atoms with van der Waals surface area (Å²) < 4.78 is 37.2. The molecule has 1 atom stereocenters. The van der Waals surface area contributed by atoms with E-state index in [4.69, 9.17) is 21.1 Å². The van der Waals surface area contributed by atoms with E-state index < -0.39 is 22.0 Å². The minimum absolute atomic E-state index is 0.0683. The van der Waals surface area contributed by atoms with Crippen molar-refractivity contribution in [3.8, 4) is 11.5 Å². The van der Waals surface area contributed by atoms with Crippen molar-refractivity contribution < 1.29 is 22.7 Å². The van der Waals surface area contributed by atoms with Crippen molar-refractivity contribution in [1.29, 1.82) is 0 Å². The van der Waals surface area contributed by atoms with Crippen molar-refractivity contribution in [3.05, 3.63) is 53.1 Å². The lowest BCUT2D eigenvalue weighted by Gasteiger charge is -2.34. The van der Waals surface area contributed by atoms with Crippen LogP contribution in [0.15, 0.2) is 42.5 Å². The van der Waals surface area contributed by atoms with Gasteiger partial charge in [-0.05, 0) is 35.2 Å². The largest absolute Gasteiger partial charge is 0.491 e. The zero-order valence-corrected chi connectivity index (χ0v) is 19.6. The number of anilines is 1. The molecule has 0 aliphatic carbocycles. The molecule has 7 nitrogen and oxygen atoms in total. The Balaban J connectivity index is 1.62. The summed E-state index contributed by atoms with van der Waals surface area (Å²) in [5.41, 5.74) is 1.33. The van der Waals surface area contributed by atoms with Gasteiger partial charge in [0.1, 0.15) is 18.1 Å². The number of carbonyl (C=O) groups excluding carboxylic acids is 1. The van der Waals surface area contributed by atoms with E-state index in [0.29, 0.717) is 10.7 Å². The normalized spacial score (nSPS) is 16.3. The third kappa shape index (κ3) is 5.62. The molecule has 2 aromatic carbocycles. The number of para-hydroxylation sites is 1. The first kappa shape index (κ1) is 23.2. The molecule has 1 N–H and O–H groups in total. The van der Waals surface area contributed by atoms with Gasteiger partial charge < -0.3 is 14.8 Å². The fraction of sp³-hybridized carbons (Fsp3) is 0.409. The van der Waals surface area contributed by atoms with Crippen LogP contribution in [-0.2, 0) is 20.2 Å². The van der Waals surface area contributed by atoms with Crippen LogP contribution >= 0.6 is 11.6 Å². The number of nitrogens with zero attached hydrogens (tertiary/aromatic N) is 1. The Hall–Kier alpha value is -2.45. The van der Waals surface area contributed by atoms with Crippen LogP contribution in [0.1, 0.15) is 26.3 Å². The minimum Gasteiger partial charge on any atom is -0.491 e. The molecule has 168 valence electrons. The number of benzene rings is 2. The van der Waals surface area contributed by atoms with Gasteiger partial charge in [-0.3, -0.25) is 9.10 Å². The average molecular weight is 467 g/mol. The molecule has 0 bridgehead atoms. The lowest BCUT2D eigenvalue weighted by Crippen LogP contribution is -2.51. The molecular weight excluding hydrogens is 440 g/mol. The van der Waals surface area contributed by atoms with Gasteiger partial charge in [0.15, 0.2) is 6.10 Å². The Morgan fingerprint density at radius 2 is 1.97 bits per heavy atom. The summed E-state index contributed by atoms with van der Waals surface area (Å²) in [5.74, 6) is 0.644. The molecule has 0 spiro atoms. The summed E-state index contributed by atoms with van der Waals surface area (Å²) in [4.78, 5) is 12.6. The van der Waals surface area contributed by atoms with Crippen molar-refractivity contribution >= 4 is 33.2 Å². The first-order valence-electron chi connectivity index (χ1n) is 9.91. The molecule has 3 rings (SSSR count). The SMILES string of the molecule is CC(C)(C)c1ccccc1OCCNC(=O)C1CN(S(C)(=O)=O)c2cc(Cl)ccc2O1. The molecule has 0 saturated heterocycles. The molecule has 0 saturated carbocycles. The standard InChI is InChI=1S/C22H27ClN2O5S/c1-22(2,3)16-7-5-6-8-18(16)29-12-11-24-21(26)20-14-25(31(4,27)28)17-13-15(23)9-10-19(17)30-20/h5-10,13,20H,11-12,14H2,1-4H3,(H,24,26). The summed E-state index contributed by atoms with van der Waals surface area (Å²) in [6.45, 7) is 6.71.